The van der Waals surface area contributed by atoms with Crippen molar-refractivity contribution in [2.75, 3.05) is 6.61 Å². The Kier molecular flexibility index (Phi) is 5.60. The molecule has 1 aromatic rings. The Hall–Kier alpha value is -2.30. The summed E-state index contributed by atoms with van der Waals surface area (Å²) in [7, 11) is 0. The van der Waals surface area contributed by atoms with Gasteiger partial charge in [-0.3, -0.25) is 4.79 Å². The molecule has 5 heteroatoms. The van der Waals surface area contributed by atoms with Crippen molar-refractivity contribution in [1.82, 2.24) is 5.32 Å². The lowest BCUT2D eigenvalue weighted by molar-refractivity contribution is -0.141. The van der Waals surface area contributed by atoms with Crippen LogP contribution in [0.25, 0.3) is 0 Å². The first-order chi connectivity index (χ1) is 9.02. The van der Waals surface area contributed by atoms with Crippen LogP contribution in [0.3, 0.4) is 0 Å². The van der Waals surface area contributed by atoms with Crippen LogP contribution >= 0.6 is 0 Å². The molecular weight excluding hydrogens is 246 g/mol. The average Bonchev–Trinajstić information content (AvgIpc) is 2.36. The van der Waals surface area contributed by atoms with Gasteiger partial charge in [-0.15, -0.1) is 0 Å². The lowest BCUT2D eigenvalue weighted by atomic mass is 10.1. The van der Waals surface area contributed by atoms with Gasteiger partial charge in [-0.05, 0) is 17.7 Å². The van der Waals surface area contributed by atoms with Crippen LogP contribution in [0.2, 0.25) is 0 Å². The molecule has 0 aromatic heterocycles. The Bertz CT molecular complexity index is 453. The van der Waals surface area contributed by atoms with Gasteiger partial charge in [0.1, 0.15) is 18.4 Å². The van der Waals surface area contributed by atoms with E-state index < -0.39 is 12.0 Å². The molecule has 0 saturated carbocycles. The molecule has 5 nitrogen and oxygen atoms in total. The van der Waals surface area contributed by atoms with E-state index in [1.165, 1.54) is 6.92 Å². The number of carbonyl (C=O) groups is 2. The molecule has 0 spiro atoms. The number of hydrogen-bond acceptors (Lipinski definition) is 3. The number of rotatable bonds is 7. The van der Waals surface area contributed by atoms with Crippen molar-refractivity contribution in [2.24, 2.45) is 0 Å². The standard InChI is InChI=1S/C14H17NO4/c1-3-8-19-12-6-4-11(5-7-12)9-13(14(17)18)15-10(2)16/h3-7,13H,1,8-9H2,2H3,(H,15,16)(H,17,18)/t13-/m1/s1. The van der Waals surface area contributed by atoms with Crippen LogP contribution in [0.5, 0.6) is 5.75 Å². The summed E-state index contributed by atoms with van der Waals surface area (Å²) in [5.74, 6) is -0.726. The number of nitrogens with one attached hydrogen (secondary N) is 1. The highest BCUT2D eigenvalue weighted by atomic mass is 16.5. The lowest BCUT2D eigenvalue weighted by Gasteiger charge is -2.13. The molecular formula is C14H17NO4. The summed E-state index contributed by atoms with van der Waals surface area (Å²) < 4.78 is 5.32. The monoisotopic (exact) mass is 263 g/mol. The third kappa shape index (κ3) is 5.25. The van der Waals surface area contributed by atoms with Gasteiger partial charge in [0.25, 0.3) is 0 Å². The van der Waals surface area contributed by atoms with Gasteiger partial charge in [-0.25, -0.2) is 4.79 Å². The molecule has 0 bridgehead atoms. The summed E-state index contributed by atoms with van der Waals surface area (Å²) >= 11 is 0. The number of carboxylic acids is 1. The zero-order chi connectivity index (χ0) is 14.3. The molecule has 0 radical (unpaired) electrons. The smallest absolute Gasteiger partial charge is 0.326 e. The quantitative estimate of drug-likeness (QED) is 0.729. The Balaban J connectivity index is 2.66. The summed E-state index contributed by atoms with van der Waals surface area (Å²) in [5.41, 5.74) is 0.812. The number of carboxylic acid groups (broad SMARTS) is 1. The number of hydrogen-bond donors (Lipinski definition) is 2. The normalized spacial score (nSPS) is 11.4. The van der Waals surface area contributed by atoms with Gasteiger partial charge in [-0.2, -0.15) is 0 Å². The maximum absolute atomic E-state index is 11.0. The summed E-state index contributed by atoms with van der Waals surface area (Å²) in [5, 5.41) is 11.4. The molecule has 2 N–H and O–H groups in total. The molecule has 1 aromatic carbocycles. The van der Waals surface area contributed by atoms with E-state index in [2.05, 4.69) is 11.9 Å². The summed E-state index contributed by atoms with van der Waals surface area (Å²) in [6.45, 7) is 5.26. The van der Waals surface area contributed by atoms with Gasteiger partial charge in [-0.1, -0.05) is 24.8 Å². The predicted octanol–water partition coefficient (Wildman–Crippen LogP) is 1.38. The molecule has 0 saturated heterocycles. The predicted molar refractivity (Wildman–Crippen MR) is 71.1 cm³/mol. The first-order valence-corrected chi connectivity index (χ1v) is 5.85. The van der Waals surface area contributed by atoms with Gasteiger partial charge in [0.15, 0.2) is 0 Å². The zero-order valence-electron chi connectivity index (χ0n) is 10.8. The van der Waals surface area contributed by atoms with Crippen molar-refractivity contribution in [3.63, 3.8) is 0 Å². The molecule has 1 amide bonds. The Morgan fingerprint density at radius 1 is 1.42 bits per heavy atom. The molecule has 1 atom stereocenters. The number of ether oxygens (including phenoxy) is 1. The van der Waals surface area contributed by atoms with Gasteiger partial charge >= 0.3 is 5.97 Å². The summed E-state index contributed by atoms with van der Waals surface area (Å²) in [6.07, 6.45) is 1.88. The SMILES string of the molecule is C=CCOc1ccc(C[C@@H](NC(C)=O)C(=O)O)cc1. The Morgan fingerprint density at radius 3 is 2.53 bits per heavy atom. The molecule has 0 aliphatic carbocycles. The van der Waals surface area contributed by atoms with Crippen LogP contribution in [0.15, 0.2) is 36.9 Å². The van der Waals surface area contributed by atoms with Crippen LogP contribution in [-0.2, 0) is 16.0 Å². The molecule has 0 aliphatic rings. The van der Waals surface area contributed by atoms with Crippen molar-refractivity contribution < 1.29 is 19.4 Å². The third-order valence-electron chi connectivity index (χ3n) is 2.41. The van der Waals surface area contributed by atoms with Crippen LogP contribution < -0.4 is 10.1 Å². The summed E-state index contributed by atoms with van der Waals surface area (Å²) in [6, 6.07) is 6.14. The van der Waals surface area contributed by atoms with Crippen molar-refractivity contribution in [1.29, 1.82) is 0 Å². The van der Waals surface area contributed by atoms with Crippen molar-refractivity contribution in [3.8, 4) is 5.75 Å². The van der Waals surface area contributed by atoms with E-state index in [1.807, 2.05) is 0 Å². The molecule has 0 heterocycles. The minimum absolute atomic E-state index is 0.233. The van der Waals surface area contributed by atoms with Crippen LogP contribution in [0, 0.1) is 0 Å². The van der Waals surface area contributed by atoms with Crippen LogP contribution in [0.4, 0.5) is 0 Å². The van der Waals surface area contributed by atoms with E-state index in [9.17, 15) is 9.59 Å². The second-order valence-electron chi connectivity index (χ2n) is 4.04. The highest BCUT2D eigenvalue weighted by molar-refractivity contribution is 5.82. The van der Waals surface area contributed by atoms with Crippen molar-refractivity contribution >= 4 is 11.9 Å². The number of benzene rings is 1. The molecule has 102 valence electrons. The topological polar surface area (TPSA) is 75.6 Å². The Morgan fingerprint density at radius 2 is 2.05 bits per heavy atom. The van der Waals surface area contributed by atoms with Gasteiger partial charge in [0.2, 0.25) is 5.91 Å². The maximum Gasteiger partial charge on any atom is 0.326 e. The largest absolute Gasteiger partial charge is 0.490 e. The highest BCUT2D eigenvalue weighted by Crippen LogP contribution is 2.13. The molecule has 1 rings (SSSR count). The molecule has 0 aliphatic heterocycles. The number of aliphatic carboxylic acids is 1. The van der Waals surface area contributed by atoms with Gasteiger partial charge in [0.05, 0.1) is 0 Å². The van der Waals surface area contributed by atoms with Crippen molar-refractivity contribution in [3.05, 3.63) is 42.5 Å². The minimum atomic E-state index is -1.05. The van der Waals surface area contributed by atoms with Crippen molar-refractivity contribution in [2.45, 2.75) is 19.4 Å². The maximum atomic E-state index is 11.0. The number of amides is 1. The van der Waals surface area contributed by atoms with E-state index in [0.717, 1.165) is 5.56 Å². The zero-order valence-corrected chi connectivity index (χ0v) is 10.8. The fourth-order valence-electron chi connectivity index (χ4n) is 1.56. The number of carbonyl (C=O) groups excluding carboxylic acids is 1. The van der Waals surface area contributed by atoms with E-state index in [0.29, 0.717) is 12.4 Å². The van der Waals surface area contributed by atoms with Crippen LogP contribution in [-0.4, -0.2) is 29.6 Å². The molecule has 19 heavy (non-hydrogen) atoms. The minimum Gasteiger partial charge on any atom is -0.490 e. The first-order valence-electron chi connectivity index (χ1n) is 5.85. The first kappa shape index (κ1) is 14.8. The van der Waals surface area contributed by atoms with E-state index in [1.54, 1.807) is 30.3 Å². The van der Waals surface area contributed by atoms with Crippen LogP contribution in [0.1, 0.15) is 12.5 Å². The molecule has 0 fully saturated rings. The fourth-order valence-corrected chi connectivity index (χ4v) is 1.56. The second-order valence-corrected chi connectivity index (χ2v) is 4.04. The Labute approximate surface area is 111 Å². The van der Waals surface area contributed by atoms with Gasteiger partial charge < -0.3 is 15.2 Å². The average molecular weight is 263 g/mol. The van der Waals surface area contributed by atoms with E-state index in [-0.39, 0.29) is 12.3 Å². The highest BCUT2D eigenvalue weighted by Gasteiger charge is 2.18. The third-order valence-corrected chi connectivity index (χ3v) is 2.41. The van der Waals surface area contributed by atoms with E-state index >= 15 is 0 Å². The molecule has 0 unspecified atom stereocenters. The summed E-state index contributed by atoms with van der Waals surface area (Å²) in [4.78, 5) is 21.9. The second kappa shape index (κ2) is 7.20. The van der Waals surface area contributed by atoms with E-state index in [4.69, 9.17) is 9.84 Å². The lowest BCUT2D eigenvalue weighted by Crippen LogP contribution is -2.41. The fraction of sp³-hybridized carbons (Fsp3) is 0.286. The van der Waals surface area contributed by atoms with Gasteiger partial charge in [0, 0.05) is 13.3 Å².